The molecule has 0 fully saturated rings. The molecule has 0 aromatic carbocycles. The van der Waals surface area contributed by atoms with Gasteiger partial charge in [0.2, 0.25) is 7.44 Å². The molecule has 2 aromatic rings. The zero-order valence-corrected chi connectivity index (χ0v) is 25.5. The molecule has 0 radical (unpaired) electrons. The predicted octanol–water partition coefficient (Wildman–Crippen LogP) is 3.78. The van der Waals surface area contributed by atoms with Crippen molar-refractivity contribution < 1.29 is 28.4 Å². The summed E-state index contributed by atoms with van der Waals surface area (Å²) in [6.07, 6.45) is 7.66. The van der Waals surface area contributed by atoms with E-state index in [1.54, 1.807) is 38.6 Å². The van der Waals surface area contributed by atoms with E-state index in [2.05, 4.69) is 32.1 Å². The number of unbranched alkanes of at least 4 members (excludes halogenated alkanes) is 4. The number of imidazole rings is 1. The average molecular weight is 584 g/mol. The summed E-state index contributed by atoms with van der Waals surface area (Å²) in [6.45, 7) is 11.5. The standard InChI is InChI=1S/C26H46N7O6P/c1-7-9-11-12-14-38-25(35)26(5,6)32-40(36,31-20(4)24(34)37-13-10-8-2)18-39-19(3)15-33-17-30-21-22(27)28-16-29-23(21)33/h16-17,19-20H,7-15,18H2,1-6H3,(H2,27,28,29)(H2,31,32,36)/t19-,20+,40?/m0/s1. The summed E-state index contributed by atoms with van der Waals surface area (Å²) in [4.78, 5) is 37.8. The fraction of sp³-hybridized carbons (Fsp3) is 0.731. The number of carbonyl (C=O) groups excluding carboxylic acids is 2. The van der Waals surface area contributed by atoms with Gasteiger partial charge in [0, 0.05) is 0 Å². The highest BCUT2D eigenvalue weighted by Crippen LogP contribution is 2.40. The van der Waals surface area contributed by atoms with Crippen molar-refractivity contribution in [2.45, 2.75) is 104 Å². The number of hydrogen-bond donors (Lipinski definition) is 3. The van der Waals surface area contributed by atoms with E-state index in [1.807, 2.05) is 6.92 Å². The number of nitrogen functional groups attached to an aromatic ring is 1. The Hall–Kier alpha value is -2.60. The lowest BCUT2D eigenvalue weighted by atomic mass is 10.1. The summed E-state index contributed by atoms with van der Waals surface area (Å²) < 4.78 is 32.6. The molecule has 2 aromatic heterocycles. The van der Waals surface area contributed by atoms with Crippen LogP contribution in [0.5, 0.6) is 0 Å². The number of nitrogens with two attached hydrogens (primary N) is 1. The lowest BCUT2D eigenvalue weighted by Crippen LogP contribution is -2.50. The molecule has 0 spiro atoms. The van der Waals surface area contributed by atoms with E-state index in [0.29, 0.717) is 17.7 Å². The molecule has 2 heterocycles. The Labute approximate surface area is 236 Å². The minimum absolute atomic E-state index is 0.273. The SMILES string of the molecule is CCCCCCOC(=O)C(C)(C)NP(=O)(CO[C@@H](C)Cn1cnc2c(N)ncnc21)N[C@H](C)C(=O)OCCCC. The molecule has 226 valence electrons. The number of hydrogen-bond acceptors (Lipinski definition) is 10. The summed E-state index contributed by atoms with van der Waals surface area (Å²) >= 11 is 0. The summed E-state index contributed by atoms with van der Waals surface area (Å²) in [5, 5.41) is 5.75. The number of nitrogens with one attached hydrogen (secondary N) is 2. The highest BCUT2D eigenvalue weighted by atomic mass is 31.2. The van der Waals surface area contributed by atoms with E-state index in [4.69, 9.17) is 19.9 Å². The maximum Gasteiger partial charge on any atom is 0.326 e. The number of aromatic nitrogens is 4. The van der Waals surface area contributed by atoms with Gasteiger partial charge in [-0.15, -0.1) is 0 Å². The fourth-order valence-corrected chi connectivity index (χ4v) is 6.27. The number of anilines is 1. The van der Waals surface area contributed by atoms with E-state index < -0.39 is 37.1 Å². The molecule has 40 heavy (non-hydrogen) atoms. The van der Waals surface area contributed by atoms with Crippen LogP contribution in [0.25, 0.3) is 11.2 Å². The fourth-order valence-electron chi connectivity index (χ4n) is 3.87. The highest BCUT2D eigenvalue weighted by molar-refractivity contribution is 7.59. The van der Waals surface area contributed by atoms with Crippen molar-refractivity contribution in [2.75, 3.05) is 25.3 Å². The monoisotopic (exact) mass is 583 g/mol. The first-order valence-electron chi connectivity index (χ1n) is 14.0. The van der Waals surface area contributed by atoms with Crippen molar-refractivity contribution in [1.29, 1.82) is 0 Å². The normalized spacial score (nSPS) is 14.9. The van der Waals surface area contributed by atoms with Crippen LogP contribution in [0.2, 0.25) is 0 Å². The minimum atomic E-state index is -3.69. The summed E-state index contributed by atoms with van der Waals surface area (Å²) in [5.41, 5.74) is 5.58. The van der Waals surface area contributed by atoms with E-state index in [-0.39, 0.29) is 25.4 Å². The second kappa shape index (κ2) is 16.0. The van der Waals surface area contributed by atoms with E-state index >= 15 is 0 Å². The number of carbonyl (C=O) groups is 2. The molecule has 0 aliphatic carbocycles. The molecule has 0 amide bonds. The second-order valence-corrected chi connectivity index (χ2v) is 12.7. The van der Waals surface area contributed by atoms with Crippen LogP contribution in [0, 0.1) is 0 Å². The van der Waals surface area contributed by atoms with Gasteiger partial charge in [0.25, 0.3) is 0 Å². The highest BCUT2D eigenvalue weighted by Gasteiger charge is 2.39. The summed E-state index contributed by atoms with van der Waals surface area (Å²) in [5.74, 6) is -0.809. The van der Waals surface area contributed by atoms with Gasteiger partial charge in [0.15, 0.2) is 11.5 Å². The van der Waals surface area contributed by atoms with Gasteiger partial charge in [-0.05, 0) is 40.5 Å². The molecule has 0 saturated heterocycles. The first-order valence-corrected chi connectivity index (χ1v) is 15.8. The molecule has 2 rings (SSSR count). The van der Waals surface area contributed by atoms with Crippen LogP contribution in [-0.4, -0.2) is 68.7 Å². The Morgan fingerprint density at radius 3 is 2.45 bits per heavy atom. The van der Waals surface area contributed by atoms with Crippen LogP contribution in [-0.2, 0) is 34.9 Å². The van der Waals surface area contributed by atoms with Crippen molar-refractivity contribution in [2.24, 2.45) is 0 Å². The minimum Gasteiger partial charge on any atom is -0.465 e. The third kappa shape index (κ3) is 10.4. The Bertz CT molecular complexity index is 1140. The Kier molecular flexibility index (Phi) is 13.4. The number of ether oxygens (including phenoxy) is 3. The summed E-state index contributed by atoms with van der Waals surface area (Å²) in [7, 11) is -3.69. The number of fused-ring (bicyclic) bond motifs is 1. The van der Waals surface area contributed by atoms with Crippen LogP contribution in [0.3, 0.4) is 0 Å². The first kappa shape index (κ1) is 33.6. The Morgan fingerprint density at radius 1 is 1.05 bits per heavy atom. The van der Waals surface area contributed by atoms with Crippen molar-refractivity contribution >= 4 is 36.4 Å². The zero-order valence-electron chi connectivity index (χ0n) is 24.6. The smallest absolute Gasteiger partial charge is 0.326 e. The molecule has 0 aliphatic rings. The van der Waals surface area contributed by atoms with Crippen molar-refractivity contribution in [3.63, 3.8) is 0 Å². The largest absolute Gasteiger partial charge is 0.465 e. The predicted molar refractivity (Wildman–Crippen MR) is 154 cm³/mol. The van der Waals surface area contributed by atoms with E-state index in [0.717, 1.165) is 38.5 Å². The van der Waals surface area contributed by atoms with Crippen LogP contribution in [0.4, 0.5) is 5.82 Å². The van der Waals surface area contributed by atoms with Crippen LogP contribution < -0.4 is 15.9 Å². The van der Waals surface area contributed by atoms with Crippen molar-refractivity contribution in [1.82, 2.24) is 29.7 Å². The number of rotatable bonds is 19. The third-order valence-electron chi connectivity index (χ3n) is 6.12. The topological polar surface area (TPSA) is 173 Å². The van der Waals surface area contributed by atoms with Crippen LogP contribution in [0.15, 0.2) is 12.7 Å². The van der Waals surface area contributed by atoms with E-state index in [1.165, 1.54) is 6.33 Å². The molecule has 14 heteroatoms. The van der Waals surface area contributed by atoms with Gasteiger partial charge in [-0.1, -0.05) is 39.5 Å². The molecule has 0 bridgehead atoms. The maximum atomic E-state index is 14.1. The molecule has 0 saturated carbocycles. The lowest BCUT2D eigenvalue weighted by Gasteiger charge is -2.32. The van der Waals surface area contributed by atoms with Gasteiger partial charge in [0.05, 0.1) is 32.2 Å². The van der Waals surface area contributed by atoms with E-state index in [9.17, 15) is 14.2 Å². The molecular weight excluding hydrogens is 537 g/mol. The second-order valence-electron chi connectivity index (χ2n) is 10.5. The maximum absolute atomic E-state index is 14.1. The summed E-state index contributed by atoms with van der Waals surface area (Å²) in [6, 6.07) is -0.910. The van der Waals surface area contributed by atoms with Crippen molar-refractivity contribution in [3.8, 4) is 0 Å². The average Bonchev–Trinajstić information content (AvgIpc) is 3.30. The van der Waals surface area contributed by atoms with Gasteiger partial charge >= 0.3 is 11.9 Å². The Balaban J connectivity index is 2.11. The molecule has 4 N–H and O–H groups in total. The molecule has 13 nitrogen and oxygen atoms in total. The quantitative estimate of drug-likeness (QED) is 0.124. The van der Waals surface area contributed by atoms with Crippen LogP contribution in [0.1, 0.15) is 80.1 Å². The lowest BCUT2D eigenvalue weighted by molar-refractivity contribution is -0.149. The Morgan fingerprint density at radius 2 is 1.75 bits per heavy atom. The number of esters is 2. The van der Waals surface area contributed by atoms with Gasteiger partial charge in [-0.3, -0.25) is 14.2 Å². The molecular formula is C26H46N7O6P. The molecule has 1 unspecified atom stereocenters. The number of nitrogens with zero attached hydrogens (tertiary/aromatic N) is 4. The van der Waals surface area contributed by atoms with Gasteiger partial charge in [0.1, 0.15) is 29.8 Å². The molecule has 3 atom stereocenters. The van der Waals surface area contributed by atoms with Crippen LogP contribution >= 0.6 is 7.44 Å². The third-order valence-corrected chi connectivity index (χ3v) is 8.36. The van der Waals surface area contributed by atoms with Gasteiger partial charge in [-0.25, -0.2) is 25.1 Å². The molecule has 0 aliphatic heterocycles. The van der Waals surface area contributed by atoms with Gasteiger partial charge in [-0.2, -0.15) is 0 Å². The van der Waals surface area contributed by atoms with Crippen molar-refractivity contribution in [3.05, 3.63) is 12.7 Å². The first-order chi connectivity index (χ1) is 18.9. The van der Waals surface area contributed by atoms with Gasteiger partial charge < -0.3 is 24.5 Å². The zero-order chi connectivity index (χ0) is 29.8.